The van der Waals surface area contributed by atoms with Gasteiger partial charge in [-0.25, -0.2) is 9.31 Å². The highest BCUT2D eigenvalue weighted by atomic mass is 16.2. The first-order valence-electron chi connectivity index (χ1n) is 8.13. The van der Waals surface area contributed by atoms with Crippen molar-refractivity contribution in [3.8, 4) is 0 Å². The second kappa shape index (κ2) is 6.20. The number of urea groups is 1. The number of carbonyl (C=O) groups excluding carboxylic acids is 1. The molecule has 1 fully saturated rings. The van der Waals surface area contributed by atoms with Crippen LogP contribution in [-0.2, 0) is 6.54 Å². The second-order valence-electron chi connectivity index (χ2n) is 7.15. The Balaban J connectivity index is 1.54. The summed E-state index contributed by atoms with van der Waals surface area (Å²) in [4.78, 5) is 16.4. The minimum absolute atomic E-state index is 0.0323. The summed E-state index contributed by atoms with van der Waals surface area (Å²) in [6.45, 7) is 10.1. The smallest absolute Gasteiger partial charge is 0.317 e. The number of amides is 2. The molecule has 2 amide bonds. The van der Waals surface area contributed by atoms with E-state index in [4.69, 9.17) is 0 Å². The molecule has 0 bridgehead atoms. The van der Waals surface area contributed by atoms with Crippen molar-refractivity contribution in [2.24, 2.45) is 0 Å². The van der Waals surface area contributed by atoms with Crippen LogP contribution in [0.4, 0.5) is 4.79 Å². The Morgan fingerprint density at radius 1 is 1.22 bits per heavy atom. The molecule has 0 radical (unpaired) electrons. The first kappa shape index (κ1) is 15.8. The SMILES string of the molecule is CC(C)(C)NC(=O)N1CCN(Cc2cc3ccccn3n2)CC1. The Hall–Kier alpha value is -2.08. The lowest BCUT2D eigenvalue weighted by atomic mass is 10.1. The normalized spacial score (nSPS) is 16.7. The van der Waals surface area contributed by atoms with Crippen molar-refractivity contribution in [1.29, 1.82) is 0 Å². The Morgan fingerprint density at radius 3 is 2.61 bits per heavy atom. The Labute approximate surface area is 137 Å². The predicted molar refractivity (Wildman–Crippen MR) is 90.3 cm³/mol. The molecular formula is C17H25N5O. The number of nitrogens with one attached hydrogen (secondary N) is 1. The topological polar surface area (TPSA) is 52.9 Å². The van der Waals surface area contributed by atoms with Crippen molar-refractivity contribution in [3.63, 3.8) is 0 Å². The first-order valence-corrected chi connectivity index (χ1v) is 8.13. The second-order valence-corrected chi connectivity index (χ2v) is 7.15. The van der Waals surface area contributed by atoms with Crippen LogP contribution in [0.15, 0.2) is 30.5 Å². The van der Waals surface area contributed by atoms with Gasteiger partial charge in [0.05, 0.1) is 11.2 Å². The number of aromatic nitrogens is 2. The van der Waals surface area contributed by atoms with Gasteiger partial charge in [0, 0.05) is 44.5 Å². The summed E-state index contributed by atoms with van der Waals surface area (Å²) >= 11 is 0. The molecular weight excluding hydrogens is 290 g/mol. The summed E-state index contributed by atoms with van der Waals surface area (Å²) in [6.07, 6.45) is 1.97. The minimum Gasteiger partial charge on any atom is -0.333 e. The lowest BCUT2D eigenvalue weighted by molar-refractivity contribution is 0.130. The van der Waals surface area contributed by atoms with Gasteiger partial charge in [0.15, 0.2) is 0 Å². The van der Waals surface area contributed by atoms with E-state index >= 15 is 0 Å². The fraction of sp³-hybridized carbons (Fsp3) is 0.529. The van der Waals surface area contributed by atoms with Crippen molar-refractivity contribution in [2.45, 2.75) is 32.9 Å². The third-order valence-electron chi connectivity index (χ3n) is 3.95. The molecule has 1 aliphatic heterocycles. The van der Waals surface area contributed by atoms with Gasteiger partial charge in [0.1, 0.15) is 0 Å². The minimum atomic E-state index is -0.190. The maximum absolute atomic E-state index is 12.2. The molecule has 2 aromatic heterocycles. The summed E-state index contributed by atoms with van der Waals surface area (Å²) in [5.74, 6) is 0. The van der Waals surface area contributed by atoms with E-state index in [0.29, 0.717) is 0 Å². The van der Waals surface area contributed by atoms with E-state index in [0.717, 1.165) is 43.9 Å². The number of carbonyl (C=O) groups is 1. The Morgan fingerprint density at radius 2 is 1.96 bits per heavy atom. The zero-order chi connectivity index (χ0) is 16.4. The van der Waals surface area contributed by atoms with Crippen molar-refractivity contribution in [2.75, 3.05) is 26.2 Å². The molecule has 0 saturated carbocycles. The van der Waals surface area contributed by atoms with Crippen LogP contribution < -0.4 is 5.32 Å². The van der Waals surface area contributed by atoms with Crippen LogP contribution >= 0.6 is 0 Å². The maximum Gasteiger partial charge on any atom is 0.317 e. The third-order valence-corrected chi connectivity index (χ3v) is 3.95. The Bertz CT molecular complexity index is 647. The van der Waals surface area contributed by atoms with Gasteiger partial charge >= 0.3 is 6.03 Å². The molecule has 1 N–H and O–H groups in total. The van der Waals surface area contributed by atoms with Crippen molar-refractivity contribution in [3.05, 3.63) is 36.2 Å². The zero-order valence-corrected chi connectivity index (χ0v) is 14.1. The summed E-state index contributed by atoms with van der Waals surface area (Å²) < 4.78 is 1.91. The standard InChI is InChI=1S/C17H25N5O/c1-17(2,3)18-16(23)21-10-8-20(9-11-21)13-14-12-15-6-4-5-7-22(15)19-14/h4-7,12H,8-11,13H2,1-3H3,(H,18,23). The lowest BCUT2D eigenvalue weighted by Crippen LogP contribution is -2.54. The van der Waals surface area contributed by atoms with Gasteiger partial charge in [0.25, 0.3) is 0 Å². The monoisotopic (exact) mass is 315 g/mol. The molecule has 6 heteroatoms. The molecule has 0 atom stereocenters. The van der Waals surface area contributed by atoms with Crippen molar-refractivity contribution < 1.29 is 4.79 Å². The molecule has 23 heavy (non-hydrogen) atoms. The Kier molecular flexibility index (Phi) is 4.26. The fourth-order valence-corrected chi connectivity index (χ4v) is 2.81. The van der Waals surface area contributed by atoms with Crippen molar-refractivity contribution in [1.82, 2.24) is 24.7 Å². The fourth-order valence-electron chi connectivity index (χ4n) is 2.81. The van der Waals surface area contributed by atoms with E-state index in [1.807, 2.05) is 48.5 Å². The molecule has 3 rings (SSSR count). The highest BCUT2D eigenvalue weighted by Gasteiger charge is 2.24. The molecule has 124 valence electrons. The van der Waals surface area contributed by atoms with Crippen LogP contribution in [0.25, 0.3) is 5.52 Å². The number of hydrogen-bond donors (Lipinski definition) is 1. The van der Waals surface area contributed by atoms with Crippen LogP contribution in [0, 0.1) is 0 Å². The summed E-state index contributed by atoms with van der Waals surface area (Å²) in [5.41, 5.74) is 2.00. The van der Waals surface area contributed by atoms with Gasteiger partial charge in [-0.15, -0.1) is 0 Å². The van der Waals surface area contributed by atoms with Gasteiger partial charge in [-0.1, -0.05) is 6.07 Å². The maximum atomic E-state index is 12.2. The zero-order valence-electron chi connectivity index (χ0n) is 14.1. The van der Waals surface area contributed by atoms with Gasteiger partial charge in [0.2, 0.25) is 0 Å². The summed E-state index contributed by atoms with van der Waals surface area (Å²) in [5, 5.41) is 7.62. The molecule has 2 aromatic rings. The van der Waals surface area contributed by atoms with Gasteiger partial charge in [-0.3, -0.25) is 4.90 Å². The highest BCUT2D eigenvalue weighted by Crippen LogP contribution is 2.11. The van der Waals surface area contributed by atoms with Gasteiger partial charge in [-0.05, 0) is 39.0 Å². The van der Waals surface area contributed by atoms with Gasteiger partial charge < -0.3 is 10.2 Å². The van der Waals surface area contributed by atoms with Crippen LogP contribution in [0.2, 0.25) is 0 Å². The average Bonchev–Trinajstić information content (AvgIpc) is 2.88. The molecule has 0 spiro atoms. The van der Waals surface area contributed by atoms with Crippen LogP contribution in [-0.4, -0.2) is 57.2 Å². The molecule has 6 nitrogen and oxygen atoms in total. The van der Waals surface area contributed by atoms with Crippen LogP contribution in [0.5, 0.6) is 0 Å². The number of fused-ring (bicyclic) bond motifs is 1. The largest absolute Gasteiger partial charge is 0.333 e. The summed E-state index contributed by atoms with van der Waals surface area (Å²) in [6, 6.07) is 8.22. The van der Waals surface area contributed by atoms with E-state index in [2.05, 4.69) is 27.4 Å². The number of piperazine rings is 1. The third kappa shape index (κ3) is 4.01. The first-order chi connectivity index (χ1) is 10.9. The predicted octanol–water partition coefficient (Wildman–Crippen LogP) is 1.96. The van der Waals surface area contributed by atoms with E-state index in [1.54, 1.807) is 0 Å². The van der Waals surface area contributed by atoms with Crippen molar-refractivity contribution >= 4 is 11.5 Å². The molecule has 1 aliphatic rings. The van der Waals surface area contributed by atoms with E-state index < -0.39 is 0 Å². The highest BCUT2D eigenvalue weighted by molar-refractivity contribution is 5.75. The molecule has 0 aromatic carbocycles. The van der Waals surface area contributed by atoms with Crippen LogP contribution in [0.1, 0.15) is 26.5 Å². The number of hydrogen-bond acceptors (Lipinski definition) is 3. The van der Waals surface area contributed by atoms with E-state index in [1.165, 1.54) is 0 Å². The van der Waals surface area contributed by atoms with Crippen LogP contribution in [0.3, 0.4) is 0 Å². The average molecular weight is 315 g/mol. The molecule has 0 aliphatic carbocycles. The quantitative estimate of drug-likeness (QED) is 0.922. The number of rotatable bonds is 2. The lowest BCUT2D eigenvalue weighted by Gasteiger charge is -2.36. The molecule has 3 heterocycles. The molecule has 1 saturated heterocycles. The number of nitrogens with zero attached hydrogens (tertiary/aromatic N) is 4. The molecule has 0 unspecified atom stereocenters. The van der Waals surface area contributed by atoms with E-state index in [-0.39, 0.29) is 11.6 Å². The summed E-state index contributed by atoms with van der Waals surface area (Å²) in [7, 11) is 0. The number of pyridine rings is 1. The van der Waals surface area contributed by atoms with E-state index in [9.17, 15) is 4.79 Å². The van der Waals surface area contributed by atoms with Gasteiger partial charge in [-0.2, -0.15) is 5.10 Å².